The molecular weight excluding hydrogens is 218 g/mol. The molecule has 0 saturated heterocycles. The van der Waals surface area contributed by atoms with Gasteiger partial charge >= 0.3 is 0 Å². The SMILES string of the molecule is Cn1cc2ccc(C(=O)NCCCO)cc2n1. The molecule has 0 fully saturated rings. The van der Waals surface area contributed by atoms with Gasteiger partial charge in [-0.1, -0.05) is 6.07 Å². The first-order valence-corrected chi connectivity index (χ1v) is 5.53. The standard InChI is InChI=1S/C12H15N3O2/c1-15-8-10-4-3-9(7-11(10)14-15)12(17)13-5-2-6-16/h3-4,7-8,16H,2,5-6H2,1H3,(H,13,17). The normalized spacial score (nSPS) is 10.7. The van der Waals surface area contributed by atoms with E-state index in [1.807, 2.05) is 19.3 Å². The molecule has 0 spiro atoms. The minimum Gasteiger partial charge on any atom is -0.396 e. The van der Waals surface area contributed by atoms with Gasteiger partial charge in [-0.05, 0) is 18.6 Å². The Morgan fingerprint density at radius 2 is 2.35 bits per heavy atom. The minimum absolute atomic E-state index is 0.0829. The largest absolute Gasteiger partial charge is 0.396 e. The zero-order chi connectivity index (χ0) is 12.3. The number of carbonyl (C=O) groups excluding carboxylic acids is 1. The van der Waals surface area contributed by atoms with Gasteiger partial charge in [-0.15, -0.1) is 0 Å². The van der Waals surface area contributed by atoms with Gasteiger partial charge in [-0.2, -0.15) is 5.10 Å². The Balaban J connectivity index is 2.15. The van der Waals surface area contributed by atoms with Crippen LogP contribution in [-0.2, 0) is 7.05 Å². The molecule has 2 N–H and O–H groups in total. The summed E-state index contributed by atoms with van der Waals surface area (Å²) in [5, 5.41) is 16.6. The van der Waals surface area contributed by atoms with Crippen molar-refractivity contribution in [1.82, 2.24) is 15.1 Å². The molecular formula is C12H15N3O2. The van der Waals surface area contributed by atoms with Crippen molar-refractivity contribution in [2.24, 2.45) is 7.05 Å². The van der Waals surface area contributed by atoms with Gasteiger partial charge in [0.2, 0.25) is 0 Å². The number of nitrogens with zero attached hydrogens (tertiary/aromatic N) is 2. The fourth-order valence-electron chi connectivity index (χ4n) is 1.66. The number of rotatable bonds is 4. The summed E-state index contributed by atoms with van der Waals surface area (Å²) < 4.78 is 1.72. The molecule has 0 bridgehead atoms. The van der Waals surface area contributed by atoms with E-state index in [9.17, 15) is 4.79 Å². The first-order chi connectivity index (χ1) is 8.20. The molecule has 5 heteroatoms. The zero-order valence-corrected chi connectivity index (χ0v) is 9.68. The van der Waals surface area contributed by atoms with Crippen molar-refractivity contribution in [1.29, 1.82) is 0 Å². The highest BCUT2D eigenvalue weighted by Gasteiger charge is 2.07. The monoisotopic (exact) mass is 233 g/mol. The van der Waals surface area contributed by atoms with Crippen molar-refractivity contribution in [2.75, 3.05) is 13.2 Å². The van der Waals surface area contributed by atoms with Crippen LogP contribution in [-0.4, -0.2) is 33.9 Å². The molecule has 0 saturated carbocycles. The molecule has 0 radical (unpaired) electrons. The van der Waals surface area contributed by atoms with Crippen molar-refractivity contribution >= 4 is 16.8 Å². The summed E-state index contributed by atoms with van der Waals surface area (Å²) in [6.07, 6.45) is 2.47. The molecule has 0 aliphatic heterocycles. The first-order valence-electron chi connectivity index (χ1n) is 5.53. The van der Waals surface area contributed by atoms with E-state index in [-0.39, 0.29) is 12.5 Å². The van der Waals surface area contributed by atoms with Gasteiger partial charge < -0.3 is 10.4 Å². The van der Waals surface area contributed by atoms with Crippen molar-refractivity contribution in [3.05, 3.63) is 30.0 Å². The van der Waals surface area contributed by atoms with Gasteiger partial charge in [0.15, 0.2) is 0 Å². The second-order valence-electron chi connectivity index (χ2n) is 3.91. The van der Waals surface area contributed by atoms with Crippen LogP contribution in [0.2, 0.25) is 0 Å². The van der Waals surface area contributed by atoms with Gasteiger partial charge in [0.05, 0.1) is 5.52 Å². The van der Waals surface area contributed by atoms with Gasteiger partial charge in [-0.3, -0.25) is 9.48 Å². The van der Waals surface area contributed by atoms with Crippen LogP contribution in [0.3, 0.4) is 0 Å². The molecule has 90 valence electrons. The molecule has 0 aliphatic carbocycles. The predicted octanol–water partition coefficient (Wildman–Crippen LogP) is 0.685. The van der Waals surface area contributed by atoms with Crippen LogP contribution in [0.25, 0.3) is 10.9 Å². The van der Waals surface area contributed by atoms with Crippen LogP contribution in [0, 0.1) is 0 Å². The second-order valence-corrected chi connectivity index (χ2v) is 3.91. The van der Waals surface area contributed by atoms with E-state index in [4.69, 9.17) is 5.11 Å². The second kappa shape index (κ2) is 4.97. The van der Waals surface area contributed by atoms with E-state index >= 15 is 0 Å². The highest BCUT2D eigenvalue weighted by molar-refractivity contribution is 5.97. The summed E-state index contributed by atoms with van der Waals surface area (Å²) in [5.41, 5.74) is 1.40. The average Bonchev–Trinajstić information content (AvgIpc) is 2.68. The molecule has 0 atom stereocenters. The van der Waals surface area contributed by atoms with Gasteiger partial charge in [-0.25, -0.2) is 0 Å². The number of carbonyl (C=O) groups is 1. The maximum absolute atomic E-state index is 11.7. The van der Waals surface area contributed by atoms with Crippen molar-refractivity contribution < 1.29 is 9.90 Å². The number of benzene rings is 1. The summed E-state index contributed by atoms with van der Waals surface area (Å²) in [7, 11) is 1.85. The number of hydrogen-bond acceptors (Lipinski definition) is 3. The molecule has 1 aromatic carbocycles. The van der Waals surface area contributed by atoms with E-state index in [1.165, 1.54) is 0 Å². The average molecular weight is 233 g/mol. The Morgan fingerprint density at radius 1 is 1.53 bits per heavy atom. The lowest BCUT2D eigenvalue weighted by Gasteiger charge is -2.03. The lowest BCUT2D eigenvalue weighted by atomic mass is 10.1. The third-order valence-corrected chi connectivity index (χ3v) is 2.50. The number of aliphatic hydroxyl groups is 1. The first kappa shape index (κ1) is 11.6. The molecule has 17 heavy (non-hydrogen) atoms. The van der Waals surface area contributed by atoms with Crippen molar-refractivity contribution in [2.45, 2.75) is 6.42 Å². The lowest BCUT2D eigenvalue weighted by molar-refractivity contribution is 0.0951. The Labute approximate surface area is 99.1 Å². The van der Waals surface area contributed by atoms with E-state index in [1.54, 1.807) is 16.8 Å². The molecule has 2 rings (SSSR count). The van der Waals surface area contributed by atoms with Crippen LogP contribution < -0.4 is 5.32 Å². The maximum atomic E-state index is 11.7. The summed E-state index contributed by atoms with van der Waals surface area (Å²) in [6, 6.07) is 5.42. The highest BCUT2D eigenvalue weighted by atomic mass is 16.3. The minimum atomic E-state index is -0.133. The number of hydrogen-bond donors (Lipinski definition) is 2. The lowest BCUT2D eigenvalue weighted by Crippen LogP contribution is -2.24. The molecule has 0 aliphatic rings. The third-order valence-electron chi connectivity index (χ3n) is 2.50. The molecule has 2 aromatic rings. The fraction of sp³-hybridized carbons (Fsp3) is 0.333. The molecule has 1 amide bonds. The highest BCUT2D eigenvalue weighted by Crippen LogP contribution is 2.13. The van der Waals surface area contributed by atoms with Crippen LogP contribution in [0.15, 0.2) is 24.4 Å². The zero-order valence-electron chi connectivity index (χ0n) is 9.68. The van der Waals surface area contributed by atoms with Gasteiger partial charge in [0.25, 0.3) is 5.91 Å². The summed E-state index contributed by atoms with van der Waals surface area (Å²) in [5.74, 6) is -0.133. The topological polar surface area (TPSA) is 67.2 Å². The van der Waals surface area contributed by atoms with Crippen LogP contribution in [0.5, 0.6) is 0 Å². The Hall–Kier alpha value is -1.88. The summed E-state index contributed by atoms with van der Waals surface area (Å²) in [6.45, 7) is 0.565. The van der Waals surface area contributed by atoms with Gasteiger partial charge in [0.1, 0.15) is 0 Å². The number of aliphatic hydroxyl groups excluding tert-OH is 1. The smallest absolute Gasteiger partial charge is 0.251 e. The van der Waals surface area contributed by atoms with Gasteiger partial charge in [0, 0.05) is 37.3 Å². The number of aromatic nitrogens is 2. The number of fused-ring (bicyclic) bond motifs is 1. The maximum Gasteiger partial charge on any atom is 0.251 e. The summed E-state index contributed by atoms with van der Waals surface area (Å²) in [4.78, 5) is 11.7. The Kier molecular flexibility index (Phi) is 3.39. The number of nitrogens with one attached hydrogen (secondary N) is 1. The molecule has 0 unspecified atom stereocenters. The molecule has 5 nitrogen and oxygen atoms in total. The molecule has 1 heterocycles. The quantitative estimate of drug-likeness (QED) is 0.763. The predicted molar refractivity (Wildman–Crippen MR) is 64.8 cm³/mol. The van der Waals surface area contributed by atoms with Crippen molar-refractivity contribution in [3.8, 4) is 0 Å². The Morgan fingerprint density at radius 3 is 3.12 bits per heavy atom. The van der Waals surface area contributed by atoms with E-state index in [2.05, 4.69) is 10.4 Å². The van der Waals surface area contributed by atoms with Crippen LogP contribution >= 0.6 is 0 Å². The van der Waals surface area contributed by atoms with Crippen LogP contribution in [0.4, 0.5) is 0 Å². The summed E-state index contributed by atoms with van der Waals surface area (Å²) >= 11 is 0. The third kappa shape index (κ3) is 2.62. The number of amides is 1. The number of aryl methyl sites for hydroxylation is 1. The van der Waals surface area contributed by atoms with E-state index in [0.717, 1.165) is 10.9 Å². The van der Waals surface area contributed by atoms with Crippen molar-refractivity contribution in [3.63, 3.8) is 0 Å². The Bertz CT molecular complexity index is 534. The van der Waals surface area contributed by atoms with E-state index < -0.39 is 0 Å². The van der Waals surface area contributed by atoms with Crippen LogP contribution in [0.1, 0.15) is 16.8 Å². The fourth-order valence-corrected chi connectivity index (χ4v) is 1.66. The van der Waals surface area contributed by atoms with E-state index in [0.29, 0.717) is 18.5 Å². The molecule has 1 aromatic heterocycles.